The highest BCUT2D eigenvalue weighted by molar-refractivity contribution is 9.10. The number of carbonyl (C=O) groups excluding carboxylic acids is 1. The Morgan fingerprint density at radius 1 is 1.32 bits per heavy atom. The van der Waals surface area contributed by atoms with Crippen LogP contribution in [0, 0.1) is 6.92 Å². The van der Waals surface area contributed by atoms with Gasteiger partial charge in [0.25, 0.3) is 0 Å². The molecule has 1 heterocycles. The molecule has 0 aliphatic heterocycles. The van der Waals surface area contributed by atoms with Gasteiger partial charge in [0.15, 0.2) is 5.16 Å². The van der Waals surface area contributed by atoms with Crippen molar-refractivity contribution in [3.8, 4) is 0 Å². The topological polar surface area (TPSA) is 46.9 Å². The maximum Gasteiger partial charge on any atom is 0.237 e. The van der Waals surface area contributed by atoms with E-state index in [0.29, 0.717) is 0 Å². The summed E-state index contributed by atoms with van der Waals surface area (Å²) in [6.07, 6.45) is 0. The summed E-state index contributed by atoms with van der Waals surface area (Å²) in [5.41, 5.74) is 3.98. The van der Waals surface area contributed by atoms with Crippen molar-refractivity contribution >= 4 is 50.3 Å². The molecule has 0 spiro atoms. The summed E-state index contributed by atoms with van der Waals surface area (Å²) in [6, 6.07) is 13.9. The van der Waals surface area contributed by atoms with Crippen molar-refractivity contribution in [1.29, 1.82) is 0 Å². The van der Waals surface area contributed by atoms with E-state index in [9.17, 15) is 4.79 Å². The van der Waals surface area contributed by atoms with E-state index in [1.54, 1.807) is 0 Å². The lowest BCUT2D eigenvalue weighted by Crippen LogP contribution is -2.23. The second-order valence-electron chi connectivity index (χ2n) is 5.86. The van der Waals surface area contributed by atoms with Crippen molar-refractivity contribution in [2.45, 2.75) is 37.7 Å². The molecule has 1 amide bonds. The van der Waals surface area contributed by atoms with Crippen LogP contribution in [0.5, 0.6) is 0 Å². The van der Waals surface area contributed by atoms with Crippen molar-refractivity contribution < 1.29 is 4.79 Å². The Morgan fingerprint density at radius 3 is 2.80 bits per heavy atom. The zero-order valence-electron chi connectivity index (χ0n) is 14.4. The van der Waals surface area contributed by atoms with Gasteiger partial charge in [-0.1, -0.05) is 30.0 Å². The van der Waals surface area contributed by atoms with Crippen LogP contribution in [-0.4, -0.2) is 20.7 Å². The highest BCUT2D eigenvalue weighted by Gasteiger charge is 2.19. The predicted octanol–water partition coefficient (Wildman–Crippen LogP) is 5.25. The molecule has 1 atom stereocenters. The predicted molar refractivity (Wildman–Crippen MR) is 108 cm³/mol. The lowest BCUT2D eigenvalue weighted by Gasteiger charge is -2.14. The molecule has 6 heteroatoms. The van der Waals surface area contributed by atoms with Crippen molar-refractivity contribution in [2.24, 2.45) is 0 Å². The van der Waals surface area contributed by atoms with Gasteiger partial charge >= 0.3 is 0 Å². The summed E-state index contributed by atoms with van der Waals surface area (Å²) in [5, 5.41) is 3.60. The maximum atomic E-state index is 12.6. The smallest absolute Gasteiger partial charge is 0.237 e. The number of anilines is 1. The minimum absolute atomic E-state index is 0.0377. The maximum absolute atomic E-state index is 12.6. The quantitative estimate of drug-likeness (QED) is 0.576. The minimum atomic E-state index is -0.254. The number of aryl methyl sites for hydroxylation is 2. The number of amides is 1. The Hall–Kier alpha value is -1.79. The number of nitrogens with zero attached hydrogens (tertiary/aromatic N) is 2. The van der Waals surface area contributed by atoms with Crippen molar-refractivity contribution in [2.75, 3.05) is 5.32 Å². The molecule has 0 saturated carbocycles. The first-order valence-electron chi connectivity index (χ1n) is 8.18. The molecule has 130 valence electrons. The number of rotatable bonds is 5. The summed E-state index contributed by atoms with van der Waals surface area (Å²) in [4.78, 5) is 17.3. The zero-order valence-corrected chi connectivity index (χ0v) is 16.8. The third-order valence-electron chi connectivity index (χ3n) is 3.97. The first-order chi connectivity index (χ1) is 12.0. The Balaban J connectivity index is 1.77. The molecule has 0 aliphatic rings. The van der Waals surface area contributed by atoms with E-state index < -0.39 is 0 Å². The molecule has 1 unspecified atom stereocenters. The molecular formula is C19H20BrN3OS. The lowest BCUT2D eigenvalue weighted by molar-refractivity contribution is -0.115. The number of imidazole rings is 1. The van der Waals surface area contributed by atoms with Gasteiger partial charge in [0.05, 0.1) is 22.0 Å². The van der Waals surface area contributed by atoms with Gasteiger partial charge in [0, 0.05) is 11.0 Å². The average molecular weight is 418 g/mol. The van der Waals surface area contributed by atoms with Crippen LogP contribution in [0.2, 0.25) is 0 Å². The molecule has 3 rings (SSSR count). The first-order valence-corrected chi connectivity index (χ1v) is 9.85. The fraction of sp³-hybridized carbons (Fsp3) is 0.263. The molecule has 2 aromatic carbocycles. The summed E-state index contributed by atoms with van der Waals surface area (Å²) in [6.45, 7) is 6.83. The van der Waals surface area contributed by atoms with Gasteiger partial charge in [-0.3, -0.25) is 4.79 Å². The number of aromatic nitrogens is 2. The minimum Gasteiger partial charge on any atom is -0.324 e. The van der Waals surface area contributed by atoms with E-state index >= 15 is 0 Å². The average Bonchev–Trinajstić information content (AvgIpc) is 2.94. The van der Waals surface area contributed by atoms with Crippen LogP contribution in [0.4, 0.5) is 5.69 Å². The number of hydrogen-bond acceptors (Lipinski definition) is 3. The van der Waals surface area contributed by atoms with E-state index in [1.807, 2.05) is 50.2 Å². The van der Waals surface area contributed by atoms with E-state index in [1.165, 1.54) is 11.8 Å². The van der Waals surface area contributed by atoms with E-state index in [0.717, 1.165) is 38.5 Å². The van der Waals surface area contributed by atoms with Gasteiger partial charge in [0.1, 0.15) is 0 Å². The second-order valence-corrected chi connectivity index (χ2v) is 8.02. The normalized spacial score (nSPS) is 12.3. The molecule has 0 radical (unpaired) electrons. The van der Waals surface area contributed by atoms with Gasteiger partial charge in [-0.05, 0) is 66.5 Å². The Morgan fingerprint density at radius 2 is 2.08 bits per heavy atom. The number of nitrogens with one attached hydrogen (secondary N) is 1. The van der Waals surface area contributed by atoms with Gasteiger partial charge in [-0.2, -0.15) is 0 Å². The van der Waals surface area contributed by atoms with Crippen LogP contribution in [0.15, 0.2) is 52.1 Å². The van der Waals surface area contributed by atoms with Gasteiger partial charge < -0.3 is 9.88 Å². The van der Waals surface area contributed by atoms with Crippen LogP contribution in [0.3, 0.4) is 0 Å². The highest BCUT2D eigenvalue weighted by atomic mass is 79.9. The molecule has 25 heavy (non-hydrogen) atoms. The molecule has 0 aliphatic carbocycles. The number of halogens is 1. The van der Waals surface area contributed by atoms with Crippen LogP contribution < -0.4 is 5.32 Å². The fourth-order valence-corrected chi connectivity index (χ4v) is 4.20. The third-order valence-corrected chi connectivity index (χ3v) is 5.72. The summed E-state index contributed by atoms with van der Waals surface area (Å²) in [5.74, 6) is -0.0377. The number of benzene rings is 2. The van der Waals surface area contributed by atoms with Gasteiger partial charge in [-0.25, -0.2) is 4.98 Å². The number of carbonyl (C=O) groups is 1. The van der Waals surface area contributed by atoms with E-state index in [2.05, 4.69) is 43.8 Å². The van der Waals surface area contributed by atoms with Crippen molar-refractivity contribution in [3.63, 3.8) is 0 Å². The molecule has 3 aromatic rings. The zero-order chi connectivity index (χ0) is 18.0. The highest BCUT2D eigenvalue weighted by Crippen LogP contribution is 2.29. The SMILES string of the molecule is CCn1c(SC(C)C(=O)Nc2ccc(C)cc2Br)nc2ccccc21. The molecule has 0 fully saturated rings. The van der Waals surface area contributed by atoms with Crippen LogP contribution >= 0.6 is 27.7 Å². The monoisotopic (exact) mass is 417 g/mol. The Labute approximate surface area is 160 Å². The molecule has 4 nitrogen and oxygen atoms in total. The Bertz CT molecular complexity index is 922. The third kappa shape index (κ3) is 3.90. The van der Waals surface area contributed by atoms with Gasteiger partial charge in [-0.15, -0.1) is 0 Å². The van der Waals surface area contributed by atoms with E-state index in [4.69, 9.17) is 0 Å². The summed E-state index contributed by atoms with van der Waals surface area (Å²) < 4.78 is 3.03. The molecule has 1 aromatic heterocycles. The molecule has 1 N–H and O–H groups in total. The fourth-order valence-electron chi connectivity index (χ4n) is 2.62. The van der Waals surface area contributed by atoms with E-state index in [-0.39, 0.29) is 11.2 Å². The second kappa shape index (κ2) is 7.62. The number of thioether (sulfide) groups is 1. The largest absolute Gasteiger partial charge is 0.324 e. The first kappa shape index (κ1) is 18.0. The molecular weight excluding hydrogens is 398 g/mol. The molecule has 0 bridgehead atoms. The van der Waals surface area contributed by atoms with Crippen molar-refractivity contribution in [3.05, 3.63) is 52.5 Å². The Kier molecular flexibility index (Phi) is 5.49. The summed E-state index contributed by atoms with van der Waals surface area (Å²) >= 11 is 4.98. The van der Waals surface area contributed by atoms with Crippen LogP contribution in [0.25, 0.3) is 11.0 Å². The molecule has 0 saturated heterocycles. The number of para-hydroxylation sites is 2. The van der Waals surface area contributed by atoms with Crippen LogP contribution in [-0.2, 0) is 11.3 Å². The summed E-state index contributed by atoms with van der Waals surface area (Å²) in [7, 11) is 0. The number of fused-ring (bicyclic) bond motifs is 1. The van der Waals surface area contributed by atoms with Gasteiger partial charge in [0.2, 0.25) is 5.91 Å². The van der Waals surface area contributed by atoms with Crippen LogP contribution in [0.1, 0.15) is 19.4 Å². The van der Waals surface area contributed by atoms with Crippen molar-refractivity contribution in [1.82, 2.24) is 9.55 Å². The standard InChI is InChI=1S/C19H20BrN3OS/c1-4-23-17-8-6-5-7-16(17)22-19(23)25-13(3)18(24)21-15-10-9-12(2)11-14(15)20/h5-11,13H,4H2,1-3H3,(H,21,24). The lowest BCUT2D eigenvalue weighted by atomic mass is 10.2. The number of hydrogen-bond donors (Lipinski definition) is 1.